The molecule has 0 aliphatic heterocycles. The summed E-state index contributed by atoms with van der Waals surface area (Å²) in [7, 11) is -1.47. The Kier molecular flexibility index (Phi) is 11.9. The number of ether oxygens (including phenoxy) is 2. The number of benzene rings is 2. The van der Waals surface area contributed by atoms with Crippen LogP contribution >= 0.6 is 0 Å². The molecule has 0 unspecified atom stereocenters. The number of carbonyl (C=O) groups excluding carboxylic acids is 2. The van der Waals surface area contributed by atoms with Crippen LogP contribution in [-0.4, -0.2) is 61.1 Å². The molecule has 0 saturated heterocycles. The Morgan fingerprint density at radius 3 is 2.00 bits per heavy atom. The van der Waals surface area contributed by atoms with Crippen LogP contribution in [0.3, 0.4) is 0 Å². The number of amides is 2. The number of rotatable bonds is 9. The molecule has 0 aliphatic carbocycles. The van der Waals surface area contributed by atoms with E-state index in [1.165, 1.54) is 38.8 Å². The minimum atomic E-state index is -4.63. The third kappa shape index (κ3) is 8.73. The van der Waals surface area contributed by atoms with Crippen molar-refractivity contribution in [1.29, 1.82) is 0 Å². The summed E-state index contributed by atoms with van der Waals surface area (Å²) >= 11 is 0. The van der Waals surface area contributed by atoms with Crippen molar-refractivity contribution in [1.82, 2.24) is 19.6 Å². The van der Waals surface area contributed by atoms with E-state index in [4.69, 9.17) is 9.47 Å². The van der Waals surface area contributed by atoms with Crippen LogP contribution in [0.5, 0.6) is 11.5 Å². The molecule has 2 aromatic heterocycles. The quantitative estimate of drug-likeness (QED) is 0.186. The molecule has 0 saturated carbocycles. The predicted octanol–water partition coefficient (Wildman–Crippen LogP) is -0.258. The third-order valence-corrected chi connectivity index (χ3v) is 6.60. The summed E-state index contributed by atoms with van der Waals surface area (Å²) in [6, 6.07) is 10.7. The van der Waals surface area contributed by atoms with Gasteiger partial charge in [0.15, 0.2) is 10.3 Å². The molecule has 0 radical (unpaired) electrons. The van der Waals surface area contributed by atoms with E-state index in [2.05, 4.69) is 15.6 Å². The van der Waals surface area contributed by atoms with E-state index in [-0.39, 0.29) is 42.8 Å². The molecule has 11 nitrogen and oxygen atoms in total. The van der Waals surface area contributed by atoms with E-state index in [0.29, 0.717) is 45.7 Å². The van der Waals surface area contributed by atoms with Gasteiger partial charge >= 0.3 is 29.6 Å². The SMILES string of the molecule is COc1ccc2[nH]cc(CCNC(C)=O)c2c1.COc1ccc2c(c1)c(CCNC(C)=O)cn2S(=O)(=O)[O-].[HH].[Na+]. The van der Waals surface area contributed by atoms with Gasteiger partial charge in [-0.05, 0) is 60.4 Å². The van der Waals surface area contributed by atoms with Crippen molar-refractivity contribution in [2.45, 2.75) is 26.7 Å². The van der Waals surface area contributed by atoms with Crippen LogP contribution in [-0.2, 0) is 32.7 Å². The largest absolute Gasteiger partial charge is 1.00 e. The van der Waals surface area contributed by atoms with Gasteiger partial charge in [-0.25, -0.2) is 8.42 Å². The zero-order valence-corrected chi connectivity index (χ0v) is 25.5. The smallest absolute Gasteiger partial charge is 0.731 e. The zero-order valence-electron chi connectivity index (χ0n) is 22.7. The molecule has 0 bridgehead atoms. The number of aromatic amines is 1. The average molecular weight is 569 g/mol. The van der Waals surface area contributed by atoms with Gasteiger partial charge < -0.3 is 29.6 Å². The maximum atomic E-state index is 11.3. The van der Waals surface area contributed by atoms with Gasteiger partial charge in [-0.3, -0.25) is 13.6 Å². The first-order valence-electron chi connectivity index (χ1n) is 11.8. The minimum absolute atomic E-state index is 0. The molecule has 0 spiro atoms. The summed E-state index contributed by atoms with van der Waals surface area (Å²) in [4.78, 5) is 24.9. The second-order valence-electron chi connectivity index (χ2n) is 8.48. The Labute approximate surface area is 250 Å². The van der Waals surface area contributed by atoms with Crippen molar-refractivity contribution < 1.29 is 63.0 Å². The maximum absolute atomic E-state index is 11.3. The molecule has 206 valence electrons. The van der Waals surface area contributed by atoms with Crippen LogP contribution in [0.2, 0.25) is 0 Å². The number of aromatic nitrogens is 2. The number of hydrogen-bond donors (Lipinski definition) is 3. The predicted molar refractivity (Wildman–Crippen MR) is 145 cm³/mol. The van der Waals surface area contributed by atoms with Crippen LogP contribution in [0.4, 0.5) is 0 Å². The minimum Gasteiger partial charge on any atom is -0.731 e. The monoisotopic (exact) mass is 568 g/mol. The number of carbonyl (C=O) groups is 2. The number of H-pyrrole nitrogens is 1. The van der Waals surface area contributed by atoms with E-state index < -0.39 is 10.3 Å². The van der Waals surface area contributed by atoms with E-state index in [0.717, 1.165) is 23.1 Å². The number of nitrogens with zero attached hydrogens (tertiary/aromatic N) is 1. The van der Waals surface area contributed by atoms with Crippen molar-refractivity contribution in [2.24, 2.45) is 0 Å². The summed E-state index contributed by atoms with van der Waals surface area (Å²) in [5.74, 6) is 1.23. The Morgan fingerprint density at radius 2 is 1.46 bits per heavy atom. The molecular weight excluding hydrogens is 535 g/mol. The maximum Gasteiger partial charge on any atom is 1.00 e. The molecule has 0 fully saturated rings. The van der Waals surface area contributed by atoms with Crippen molar-refractivity contribution in [3.05, 3.63) is 59.9 Å². The first-order chi connectivity index (χ1) is 18.0. The van der Waals surface area contributed by atoms with Gasteiger partial charge in [0, 0.05) is 57.0 Å². The van der Waals surface area contributed by atoms with E-state index in [9.17, 15) is 22.6 Å². The summed E-state index contributed by atoms with van der Waals surface area (Å²) in [6.07, 6.45) is 4.48. The van der Waals surface area contributed by atoms with E-state index >= 15 is 0 Å². The van der Waals surface area contributed by atoms with Gasteiger partial charge in [0.25, 0.3) is 0 Å². The van der Waals surface area contributed by atoms with E-state index in [1.807, 2.05) is 24.4 Å². The normalized spacial score (nSPS) is 10.8. The fourth-order valence-corrected chi connectivity index (χ4v) is 4.65. The molecule has 3 N–H and O–H groups in total. The molecule has 39 heavy (non-hydrogen) atoms. The van der Waals surface area contributed by atoms with Crippen LogP contribution in [0.1, 0.15) is 26.4 Å². The average Bonchev–Trinajstić information content (AvgIpc) is 3.44. The summed E-state index contributed by atoms with van der Waals surface area (Å²) < 4.78 is 44.9. The first kappa shape index (κ1) is 32.2. The summed E-state index contributed by atoms with van der Waals surface area (Å²) in [5.41, 5.74) is 3.22. The Hall–Kier alpha value is -3.03. The van der Waals surface area contributed by atoms with Gasteiger partial charge in [0.05, 0.1) is 19.7 Å². The molecule has 2 aromatic carbocycles. The van der Waals surface area contributed by atoms with Crippen LogP contribution < -0.4 is 49.7 Å². The molecule has 2 amide bonds. The van der Waals surface area contributed by atoms with Gasteiger partial charge in [-0.2, -0.15) is 0 Å². The molecular formula is C26H33N4NaO7S. The van der Waals surface area contributed by atoms with Gasteiger partial charge in [0.1, 0.15) is 11.5 Å². The van der Waals surface area contributed by atoms with Gasteiger partial charge in [-0.1, -0.05) is 0 Å². The van der Waals surface area contributed by atoms with Crippen LogP contribution in [0, 0.1) is 0 Å². The number of fused-ring (bicyclic) bond motifs is 2. The van der Waals surface area contributed by atoms with Crippen LogP contribution in [0.15, 0.2) is 48.8 Å². The topological polar surface area (TPSA) is 155 Å². The molecule has 4 aromatic rings. The summed E-state index contributed by atoms with van der Waals surface area (Å²) in [6.45, 7) is 3.93. The second-order valence-corrected chi connectivity index (χ2v) is 9.73. The number of methoxy groups -OCH3 is 2. The van der Waals surface area contributed by atoms with Crippen molar-refractivity contribution >= 4 is 43.9 Å². The Balaban J connectivity index is 0.000000388. The molecule has 0 atom stereocenters. The molecule has 13 heteroatoms. The Morgan fingerprint density at radius 1 is 0.923 bits per heavy atom. The zero-order chi connectivity index (χ0) is 27.9. The number of nitrogens with one attached hydrogen (secondary N) is 3. The van der Waals surface area contributed by atoms with E-state index in [1.54, 1.807) is 19.2 Å². The van der Waals surface area contributed by atoms with Gasteiger partial charge in [-0.15, -0.1) is 0 Å². The number of hydrogen-bond acceptors (Lipinski definition) is 7. The van der Waals surface area contributed by atoms with Crippen LogP contribution in [0.25, 0.3) is 21.8 Å². The first-order valence-corrected chi connectivity index (χ1v) is 13.2. The molecule has 4 rings (SSSR count). The fourth-order valence-electron chi connectivity index (χ4n) is 3.99. The Bertz CT molecular complexity index is 1550. The second kappa shape index (κ2) is 14.4. The molecule has 0 aliphatic rings. The molecule has 2 heterocycles. The summed E-state index contributed by atoms with van der Waals surface area (Å²) in [5, 5.41) is 7.18. The standard InChI is InChI=1S/C13H16N2O5S.C13H16N2O2.Na.H2/c1-9(16)14-6-5-10-8-15(21(17,18)19)13-4-3-11(20-2)7-12(10)13;1-9(16)14-6-5-10-8-15-13-4-3-11(17-2)7-12(10)13;;/h3-4,7-8H,5-6H2,1-2H3,(H,14,16)(H,17,18,19);3-4,7-8,15H,5-6H2,1-2H3,(H,14,16);;1H/q;;+1;/p-1. The van der Waals surface area contributed by atoms with Crippen molar-refractivity contribution in [3.8, 4) is 11.5 Å². The third-order valence-electron chi connectivity index (χ3n) is 5.81. The fraction of sp³-hybridized carbons (Fsp3) is 0.308. The van der Waals surface area contributed by atoms with Gasteiger partial charge in [0.2, 0.25) is 11.8 Å². The van der Waals surface area contributed by atoms with Crippen molar-refractivity contribution in [3.63, 3.8) is 0 Å². The van der Waals surface area contributed by atoms with Crippen molar-refractivity contribution in [2.75, 3.05) is 27.3 Å².